The number of carbonyl (C=O) groups excluding carboxylic acids is 1. The number of benzene rings is 2. The van der Waals surface area contributed by atoms with Crippen LogP contribution in [-0.2, 0) is 4.79 Å². The maximum atomic E-state index is 13.3. The Bertz CT molecular complexity index is 878. The normalized spacial score (nSPS) is 20.0. The van der Waals surface area contributed by atoms with E-state index >= 15 is 0 Å². The van der Waals surface area contributed by atoms with Crippen molar-refractivity contribution in [2.75, 3.05) is 5.75 Å². The third-order valence-corrected chi connectivity index (χ3v) is 5.01. The van der Waals surface area contributed by atoms with Crippen molar-refractivity contribution in [2.24, 2.45) is 10.1 Å². The van der Waals surface area contributed by atoms with Gasteiger partial charge in [0.2, 0.25) is 0 Å². The Balaban J connectivity index is 1.71. The maximum absolute atomic E-state index is 13.3. The molecule has 0 N–H and O–H groups in total. The van der Waals surface area contributed by atoms with Gasteiger partial charge in [-0.1, -0.05) is 36.0 Å². The Morgan fingerprint density at radius 1 is 1.00 bits per heavy atom. The van der Waals surface area contributed by atoms with Crippen molar-refractivity contribution in [1.29, 1.82) is 0 Å². The van der Waals surface area contributed by atoms with E-state index in [-0.39, 0.29) is 23.6 Å². The Hall–Kier alpha value is -2.54. The van der Waals surface area contributed by atoms with Crippen molar-refractivity contribution < 1.29 is 13.6 Å². The minimum atomic E-state index is -0.310. The SMILES string of the molecule is O=C1CSC(N2N=C(c3ccc(F)cc3)CC2c2ccc(F)cc2)=N1. The number of hydrogen-bond donors (Lipinski definition) is 0. The van der Waals surface area contributed by atoms with Crippen LogP contribution >= 0.6 is 11.8 Å². The number of amidine groups is 1. The molecule has 2 aliphatic rings. The van der Waals surface area contributed by atoms with Gasteiger partial charge >= 0.3 is 0 Å². The van der Waals surface area contributed by atoms with Gasteiger partial charge in [0.05, 0.1) is 17.5 Å². The lowest BCUT2D eigenvalue weighted by Crippen LogP contribution is -2.23. The Morgan fingerprint density at radius 3 is 2.24 bits per heavy atom. The fourth-order valence-electron chi connectivity index (χ4n) is 2.86. The summed E-state index contributed by atoms with van der Waals surface area (Å²) in [4.78, 5) is 15.5. The monoisotopic (exact) mass is 357 g/mol. The van der Waals surface area contributed by atoms with E-state index in [1.807, 2.05) is 0 Å². The average Bonchev–Trinajstić information content (AvgIpc) is 3.23. The van der Waals surface area contributed by atoms with Crippen molar-refractivity contribution in [1.82, 2.24) is 5.01 Å². The van der Waals surface area contributed by atoms with Crippen LogP contribution < -0.4 is 0 Å². The molecule has 7 heteroatoms. The number of amides is 1. The van der Waals surface area contributed by atoms with E-state index in [1.54, 1.807) is 29.3 Å². The highest BCUT2D eigenvalue weighted by atomic mass is 32.2. The van der Waals surface area contributed by atoms with Crippen molar-refractivity contribution in [3.63, 3.8) is 0 Å². The minimum Gasteiger partial charge on any atom is -0.272 e. The summed E-state index contributed by atoms with van der Waals surface area (Å²) in [6.07, 6.45) is 0.561. The summed E-state index contributed by atoms with van der Waals surface area (Å²) < 4.78 is 26.4. The Kier molecular flexibility index (Phi) is 4.09. The first-order valence-electron chi connectivity index (χ1n) is 7.72. The van der Waals surface area contributed by atoms with Gasteiger partial charge in [-0.05, 0) is 35.4 Å². The van der Waals surface area contributed by atoms with Crippen LogP contribution in [0.4, 0.5) is 8.78 Å². The van der Waals surface area contributed by atoms with E-state index in [2.05, 4.69) is 10.1 Å². The van der Waals surface area contributed by atoms with Crippen molar-refractivity contribution in [3.8, 4) is 0 Å². The Morgan fingerprint density at radius 2 is 1.64 bits per heavy atom. The summed E-state index contributed by atoms with van der Waals surface area (Å²) in [5, 5.41) is 6.86. The first kappa shape index (κ1) is 16.0. The second-order valence-corrected chi connectivity index (χ2v) is 6.69. The molecule has 2 heterocycles. The summed E-state index contributed by atoms with van der Waals surface area (Å²) >= 11 is 1.33. The van der Waals surface area contributed by atoms with Crippen molar-refractivity contribution in [3.05, 3.63) is 71.3 Å². The van der Waals surface area contributed by atoms with Crippen LogP contribution in [0.25, 0.3) is 0 Å². The molecule has 2 aliphatic heterocycles. The van der Waals surface area contributed by atoms with Crippen molar-refractivity contribution in [2.45, 2.75) is 12.5 Å². The molecule has 1 atom stereocenters. The quantitative estimate of drug-likeness (QED) is 0.822. The molecule has 4 rings (SSSR count). The lowest BCUT2D eigenvalue weighted by atomic mass is 9.98. The van der Waals surface area contributed by atoms with E-state index in [4.69, 9.17) is 0 Å². The third-order valence-electron chi connectivity index (χ3n) is 4.08. The highest BCUT2D eigenvalue weighted by molar-refractivity contribution is 8.14. The van der Waals surface area contributed by atoms with E-state index in [0.717, 1.165) is 16.8 Å². The lowest BCUT2D eigenvalue weighted by Gasteiger charge is -2.22. The average molecular weight is 357 g/mol. The third kappa shape index (κ3) is 3.19. The molecule has 0 aromatic heterocycles. The summed E-state index contributed by atoms with van der Waals surface area (Å²) in [5.41, 5.74) is 2.47. The summed E-state index contributed by atoms with van der Waals surface area (Å²) in [7, 11) is 0. The molecule has 1 amide bonds. The summed E-state index contributed by atoms with van der Waals surface area (Å²) in [6, 6.07) is 12.2. The van der Waals surface area contributed by atoms with Crippen LogP contribution in [0.2, 0.25) is 0 Å². The molecule has 2 aromatic carbocycles. The number of halogens is 2. The van der Waals surface area contributed by atoms with Gasteiger partial charge in [0.1, 0.15) is 11.6 Å². The number of nitrogens with zero attached hydrogens (tertiary/aromatic N) is 3. The molecule has 0 saturated heterocycles. The van der Waals surface area contributed by atoms with Gasteiger partial charge in [-0.15, -0.1) is 0 Å². The van der Waals surface area contributed by atoms with E-state index in [1.165, 1.54) is 36.0 Å². The molecule has 0 bridgehead atoms. The number of rotatable bonds is 2. The van der Waals surface area contributed by atoms with Gasteiger partial charge in [0.25, 0.3) is 5.91 Å². The first-order valence-corrected chi connectivity index (χ1v) is 8.71. The van der Waals surface area contributed by atoms with Gasteiger partial charge in [-0.3, -0.25) is 4.79 Å². The zero-order chi connectivity index (χ0) is 17.4. The number of aliphatic imine (C=N–C) groups is 1. The molecule has 126 valence electrons. The smallest absolute Gasteiger partial charge is 0.258 e. The molecule has 2 aromatic rings. The molecule has 0 aliphatic carbocycles. The summed E-state index contributed by atoms with van der Waals surface area (Å²) in [5.74, 6) is -0.516. The predicted molar refractivity (Wildman–Crippen MR) is 93.4 cm³/mol. The molecule has 4 nitrogen and oxygen atoms in total. The van der Waals surface area contributed by atoms with Gasteiger partial charge in [0.15, 0.2) is 5.17 Å². The minimum absolute atomic E-state index is 0.183. The van der Waals surface area contributed by atoms with Gasteiger partial charge in [0, 0.05) is 6.42 Å². The van der Waals surface area contributed by atoms with Crippen LogP contribution in [0.5, 0.6) is 0 Å². The fourth-order valence-corrected chi connectivity index (χ4v) is 3.65. The molecule has 1 unspecified atom stereocenters. The molecule has 0 saturated carbocycles. The lowest BCUT2D eigenvalue weighted by molar-refractivity contribution is -0.115. The van der Waals surface area contributed by atoms with Gasteiger partial charge in [-0.25, -0.2) is 13.8 Å². The van der Waals surface area contributed by atoms with Gasteiger partial charge in [-0.2, -0.15) is 10.1 Å². The molecule has 25 heavy (non-hydrogen) atoms. The maximum Gasteiger partial charge on any atom is 0.258 e. The highest BCUT2D eigenvalue weighted by Crippen LogP contribution is 2.36. The first-order chi connectivity index (χ1) is 12.1. The molecule has 0 radical (unpaired) electrons. The molecule has 0 fully saturated rings. The summed E-state index contributed by atoms with van der Waals surface area (Å²) in [6.45, 7) is 0. The molecule has 0 spiro atoms. The number of hydrogen-bond acceptors (Lipinski definition) is 4. The van der Waals surface area contributed by atoms with Crippen LogP contribution in [0.15, 0.2) is 58.6 Å². The van der Waals surface area contributed by atoms with Crippen LogP contribution in [0, 0.1) is 11.6 Å². The number of hydrazone groups is 1. The molecular weight excluding hydrogens is 344 g/mol. The largest absolute Gasteiger partial charge is 0.272 e. The number of thioether (sulfide) groups is 1. The van der Waals surface area contributed by atoms with E-state index in [9.17, 15) is 13.6 Å². The van der Waals surface area contributed by atoms with Crippen LogP contribution in [-0.4, -0.2) is 27.5 Å². The van der Waals surface area contributed by atoms with Gasteiger partial charge < -0.3 is 0 Å². The van der Waals surface area contributed by atoms with Crippen molar-refractivity contribution >= 4 is 28.5 Å². The predicted octanol–water partition coefficient (Wildman–Crippen LogP) is 3.75. The zero-order valence-corrected chi connectivity index (χ0v) is 13.8. The second-order valence-electron chi connectivity index (χ2n) is 5.75. The number of carbonyl (C=O) groups is 1. The topological polar surface area (TPSA) is 45.0 Å². The van der Waals surface area contributed by atoms with E-state index < -0.39 is 0 Å². The van der Waals surface area contributed by atoms with Crippen LogP contribution in [0.3, 0.4) is 0 Å². The highest BCUT2D eigenvalue weighted by Gasteiger charge is 2.34. The van der Waals surface area contributed by atoms with E-state index in [0.29, 0.717) is 17.3 Å². The fraction of sp³-hybridized carbons (Fsp3) is 0.167. The van der Waals surface area contributed by atoms with Crippen LogP contribution in [0.1, 0.15) is 23.6 Å². The Labute approximate surface area is 147 Å². The molecular formula is C18H13F2N3OS. The standard InChI is InChI=1S/C18H13F2N3OS/c19-13-5-1-11(2-6-13)15-9-16(12-3-7-14(20)8-4-12)23(22-15)18-21-17(24)10-25-18/h1-8,16H,9-10H2. The second kappa shape index (κ2) is 6.40. The zero-order valence-electron chi connectivity index (χ0n) is 13.0.